The van der Waals surface area contributed by atoms with Gasteiger partial charge >= 0.3 is 0 Å². The molecule has 1 unspecified atom stereocenters. The van der Waals surface area contributed by atoms with Crippen LogP contribution in [0, 0.1) is 11.6 Å². The fourth-order valence-corrected chi connectivity index (χ4v) is 3.57. The van der Waals surface area contributed by atoms with Gasteiger partial charge in [0.2, 0.25) is 0 Å². The molecule has 0 bridgehead atoms. The van der Waals surface area contributed by atoms with Crippen LogP contribution in [-0.4, -0.2) is 18.2 Å². The molecule has 1 aliphatic carbocycles. The highest BCUT2D eigenvalue weighted by Crippen LogP contribution is 2.39. The number of ether oxygens (including phenoxy) is 1. The van der Waals surface area contributed by atoms with Gasteiger partial charge in [-0.05, 0) is 37.8 Å². The summed E-state index contributed by atoms with van der Waals surface area (Å²) < 4.78 is 32.5. The average Bonchev–Trinajstić information content (AvgIpc) is 2.38. The number of benzene rings is 1. The Balaban J connectivity index is 1.67. The molecule has 1 atom stereocenters. The maximum absolute atomic E-state index is 13.2. The summed E-state index contributed by atoms with van der Waals surface area (Å²) in [4.78, 5) is 0. The molecule has 1 aromatic carbocycles. The molecular formula is C16H21F2NO. The van der Waals surface area contributed by atoms with Crippen LogP contribution in [0.1, 0.15) is 44.9 Å². The molecule has 2 nitrogen and oxygen atoms in total. The minimum absolute atomic E-state index is 0.0000360. The Bertz CT molecular complexity index is 446. The van der Waals surface area contributed by atoms with Crippen LogP contribution in [0.3, 0.4) is 0 Å². The van der Waals surface area contributed by atoms with Crippen LogP contribution < -0.4 is 5.32 Å². The molecule has 1 aliphatic heterocycles. The van der Waals surface area contributed by atoms with Crippen LogP contribution in [0.25, 0.3) is 0 Å². The van der Waals surface area contributed by atoms with Crippen LogP contribution in [0.5, 0.6) is 0 Å². The standard InChI is InChI=1S/C16H21F2NO/c17-12-8-13(18)10-15(9-12)19-14-4-7-20-16(11-14)5-2-1-3-6-16/h8-10,14,19H,1-7,11H2. The van der Waals surface area contributed by atoms with E-state index in [1.807, 2.05) is 0 Å². The fourth-order valence-electron chi connectivity index (χ4n) is 3.57. The normalized spacial score (nSPS) is 25.6. The van der Waals surface area contributed by atoms with E-state index in [1.165, 1.54) is 31.4 Å². The minimum Gasteiger partial charge on any atom is -0.382 e. The maximum Gasteiger partial charge on any atom is 0.128 e. The van der Waals surface area contributed by atoms with Crippen molar-refractivity contribution in [2.45, 2.75) is 56.6 Å². The van der Waals surface area contributed by atoms with Crippen molar-refractivity contribution in [2.75, 3.05) is 11.9 Å². The highest BCUT2D eigenvalue weighted by Gasteiger charge is 2.38. The third kappa shape index (κ3) is 3.11. The van der Waals surface area contributed by atoms with Crippen LogP contribution in [0.2, 0.25) is 0 Å². The lowest BCUT2D eigenvalue weighted by atomic mass is 9.78. The highest BCUT2D eigenvalue weighted by molar-refractivity contribution is 5.44. The predicted molar refractivity (Wildman–Crippen MR) is 74.8 cm³/mol. The molecule has 110 valence electrons. The number of halogens is 2. The minimum atomic E-state index is -0.535. The highest BCUT2D eigenvalue weighted by atomic mass is 19.1. The zero-order valence-electron chi connectivity index (χ0n) is 11.6. The quantitative estimate of drug-likeness (QED) is 0.874. The van der Waals surface area contributed by atoms with Gasteiger partial charge in [0, 0.05) is 24.4 Å². The molecule has 0 radical (unpaired) electrons. The first-order chi connectivity index (χ1) is 9.65. The molecule has 1 saturated heterocycles. The van der Waals surface area contributed by atoms with Crippen LogP contribution in [-0.2, 0) is 4.74 Å². The van der Waals surface area contributed by atoms with Crippen molar-refractivity contribution in [3.05, 3.63) is 29.8 Å². The first-order valence-corrected chi connectivity index (χ1v) is 7.52. The van der Waals surface area contributed by atoms with Gasteiger partial charge in [-0.3, -0.25) is 0 Å². The van der Waals surface area contributed by atoms with Crippen LogP contribution in [0.4, 0.5) is 14.5 Å². The van der Waals surface area contributed by atoms with Gasteiger partial charge < -0.3 is 10.1 Å². The first-order valence-electron chi connectivity index (χ1n) is 7.52. The Labute approximate surface area is 118 Å². The molecule has 20 heavy (non-hydrogen) atoms. The summed E-state index contributed by atoms with van der Waals surface area (Å²) in [5.74, 6) is -1.07. The number of rotatable bonds is 2. The Morgan fingerprint density at radius 1 is 1.05 bits per heavy atom. The summed E-state index contributed by atoms with van der Waals surface area (Å²) in [5.41, 5.74) is 0.528. The van der Waals surface area contributed by atoms with Crippen LogP contribution >= 0.6 is 0 Å². The van der Waals surface area contributed by atoms with Gasteiger partial charge in [-0.25, -0.2) is 8.78 Å². The summed E-state index contributed by atoms with van der Waals surface area (Å²) in [6, 6.07) is 3.85. The van der Waals surface area contributed by atoms with E-state index in [4.69, 9.17) is 4.74 Å². The lowest BCUT2D eigenvalue weighted by Gasteiger charge is -2.43. The third-order valence-corrected chi connectivity index (χ3v) is 4.49. The lowest BCUT2D eigenvalue weighted by molar-refractivity contribution is -0.103. The second-order valence-electron chi connectivity index (χ2n) is 6.08. The molecule has 1 heterocycles. The summed E-state index contributed by atoms with van der Waals surface area (Å²) in [7, 11) is 0. The number of anilines is 1. The zero-order chi connectivity index (χ0) is 14.0. The van der Waals surface area contributed by atoms with Crippen molar-refractivity contribution in [3.8, 4) is 0 Å². The molecule has 1 N–H and O–H groups in total. The summed E-state index contributed by atoms with van der Waals surface area (Å²) in [6.45, 7) is 0.732. The van der Waals surface area contributed by atoms with Crippen molar-refractivity contribution in [3.63, 3.8) is 0 Å². The summed E-state index contributed by atoms with van der Waals surface area (Å²) in [6.07, 6.45) is 7.79. The lowest BCUT2D eigenvalue weighted by Crippen LogP contribution is -2.45. The fraction of sp³-hybridized carbons (Fsp3) is 0.625. The van der Waals surface area contributed by atoms with E-state index in [-0.39, 0.29) is 11.6 Å². The van der Waals surface area contributed by atoms with E-state index in [2.05, 4.69) is 5.32 Å². The van der Waals surface area contributed by atoms with Crippen molar-refractivity contribution < 1.29 is 13.5 Å². The molecule has 0 aromatic heterocycles. The van der Waals surface area contributed by atoms with E-state index < -0.39 is 11.6 Å². The molecule has 2 fully saturated rings. The Morgan fingerprint density at radius 2 is 1.75 bits per heavy atom. The molecule has 3 rings (SSSR count). The van der Waals surface area contributed by atoms with Crippen molar-refractivity contribution in [1.29, 1.82) is 0 Å². The predicted octanol–water partition coefficient (Wildman–Crippen LogP) is 4.26. The van der Waals surface area contributed by atoms with Gasteiger partial charge in [0.05, 0.1) is 5.60 Å². The Morgan fingerprint density at radius 3 is 2.45 bits per heavy atom. The molecule has 1 saturated carbocycles. The van der Waals surface area contributed by atoms with Gasteiger partial charge in [0.25, 0.3) is 0 Å². The molecule has 2 aliphatic rings. The summed E-state index contributed by atoms with van der Waals surface area (Å²) in [5, 5.41) is 3.27. The number of nitrogens with one attached hydrogen (secondary N) is 1. The third-order valence-electron chi connectivity index (χ3n) is 4.49. The SMILES string of the molecule is Fc1cc(F)cc(NC2CCOC3(CCCCC3)C2)c1. The molecule has 4 heteroatoms. The van der Waals surface area contributed by atoms with Crippen molar-refractivity contribution in [2.24, 2.45) is 0 Å². The Hall–Kier alpha value is -1.16. The topological polar surface area (TPSA) is 21.3 Å². The molecular weight excluding hydrogens is 260 g/mol. The maximum atomic E-state index is 13.2. The van der Waals surface area contributed by atoms with E-state index in [9.17, 15) is 8.78 Å². The zero-order valence-corrected chi connectivity index (χ0v) is 11.6. The molecule has 1 spiro atoms. The van der Waals surface area contributed by atoms with Gasteiger partial charge in [-0.2, -0.15) is 0 Å². The monoisotopic (exact) mass is 281 g/mol. The van der Waals surface area contributed by atoms with Gasteiger partial charge in [0.15, 0.2) is 0 Å². The van der Waals surface area contributed by atoms with E-state index in [0.717, 1.165) is 38.4 Å². The molecule has 0 amide bonds. The smallest absolute Gasteiger partial charge is 0.128 e. The van der Waals surface area contributed by atoms with Gasteiger partial charge in [-0.15, -0.1) is 0 Å². The summed E-state index contributed by atoms with van der Waals surface area (Å²) >= 11 is 0. The number of hydrogen-bond donors (Lipinski definition) is 1. The second-order valence-corrected chi connectivity index (χ2v) is 6.08. The van der Waals surface area contributed by atoms with Crippen molar-refractivity contribution >= 4 is 5.69 Å². The largest absolute Gasteiger partial charge is 0.382 e. The van der Waals surface area contributed by atoms with Gasteiger partial charge in [0.1, 0.15) is 11.6 Å². The van der Waals surface area contributed by atoms with Crippen molar-refractivity contribution in [1.82, 2.24) is 0 Å². The number of hydrogen-bond acceptors (Lipinski definition) is 2. The van der Waals surface area contributed by atoms with E-state index >= 15 is 0 Å². The van der Waals surface area contributed by atoms with Gasteiger partial charge in [-0.1, -0.05) is 19.3 Å². The molecule has 1 aromatic rings. The Kier molecular flexibility index (Phi) is 3.92. The first kappa shape index (κ1) is 13.8. The second kappa shape index (κ2) is 5.68. The van der Waals surface area contributed by atoms with E-state index in [1.54, 1.807) is 0 Å². The van der Waals surface area contributed by atoms with Crippen LogP contribution in [0.15, 0.2) is 18.2 Å². The van der Waals surface area contributed by atoms with E-state index in [0.29, 0.717) is 5.69 Å². The average molecular weight is 281 g/mol.